The second-order valence-electron chi connectivity index (χ2n) is 15.1. The van der Waals surface area contributed by atoms with Crippen molar-refractivity contribution in [2.45, 2.75) is 199 Å². The number of carbonyl (C=O) groups is 4. The highest BCUT2D eigenvalue weighted by Gasteiger charge is 2.19. The number of carbonyl (C=O) groups excluding carboxylic acids is 3. The predicted molar refractivity (Wildman–Crippen MR) is 240 cm³/mol. The maximum atomic E-state index is 12.8. The molecule has 0 spiro atoms. The molecule has 58 heavy (non-hydrogen) atoms. The normalized spacial score (nSPS) is 13.2. The molecule has 0 aliphatic heterocycles. The van der Waals surface area contributed by atoms with Crippen molar-refractivity contribution >= 4 is 23.8 Å². The lowest BCUT2D eigenvalue weighted by molar-refractivity contribution is -0.150. The molecule has 0 saturated heterocycles. The molecule has 0 fully saturated rings. The van der Waals surface area contributed by atoms with Gasteiger partial charge >= 0.3 is 11.9 Å². The molecule has 2 unspecified atom stereocenters. The Morgan fingerprint density at radius 2 is 1.02 bits per heavy atom. The highest BCUT2D eigenvalue weighted by atomic mass is 16.5. The van der Waals surface area contributed by atoms with E-state index in [2.05, 4.69) is 97.4 Å². The van der Waals surface area contributed by atoms with Crippen LogP contribution in [0.15, 0.2) is 72.9 Å². The number of amides is 2. The van der Waals surface area contributed by atoms with Crippen LogP contribution in [0.5, 0.6) is 0 Å². The lowest BCUT2D eigenvalue weighted by atomic mass is 10.0. The summed E-state index contributed by atoms with van der Waals surface area (Å²) in [7, 11) is 0. The van der Waals surface area contributed by atoms with Gasteiger partial charge in [0.15, 0.2) is 0 Å². The minimum absolute atomic E-state index is 0.0780. The summed E-state index contributed by atoms with van der Waals surface area (Å²) in [6.07, 6.45) is 53.6. The largest absolute Gasteiger partial charge is 0.480 e. The molecular formula is C49H82N2O7. The number of ether oxygens (including phenoxy) is 1. The summed E-state index contributed by atoms with van der Waals surface area (Å²) in [6.45, 7) is 3.35. The fourth-order valence-electron chi connectivity index (χ4n) is 6.22. The predicted octanol–water partition coefficient (Wildman–Crippen LogP) is 11.5. The van der Waals surface area contributed by atoms with Crippen LogP contribution in [-0.4, -0.2) is 59.3 Å². The molecule has 330 valence electrons. The molecule has 2 atom stereocenters. The van der Waals surface area contributed by atoms with Crippen molar-refractivity contribution in [2.24, 2.45) is 0 Å². The summed E-state index contributed by atoms with van der Waals surface area (Å²) in [4.78, 5) is 47.6. The maximum absolute atomic E-state index is 12.8. The van der Waals surface area contributed by atoms with Gasteiger partial charge in [0.25, 0.3) is 0 Å². The van der Waals surface area contributed by atoms with E-state index in [-0.39, 0.29) is 30.9 Å². The number of allylic oxidation sites excluding steroid dienone is 12. The van der Waals surface area contributed by atoms with Crippen molar-refractivity contribution in [3.05, 3.63) is 72.9 Å². The third-order valence-corrected chi connectivity index (χ3v) is 9.69. The van der Waals surface area contributed by atoms with Gasteiger partial charge in [-0.25, -0.2) is 4.79 Å². The lowest BCUT2D eigenvalue weighted by Gasteiger charge is -2.18. The third kappa shape index (κ3) is 39.1. The number of aliphatic hydroxyl groups is 1. The Kier molecular flexibility index (Phi) is 40.1. The van der Waals surface area contributed by atoms with Gasteiger partial charge in [-0.3, -0.25) is 14.4 Å². The first-order valence-electron chi connectivity index (χ1n) is 22.8. The van der Waals surface area contributed by atoms with Crippen molar-refractivity contribution < 1.29 is 34.1 Å². The molecule has 9 nitrogen and oxygen atoms in total. The van der Waals surface area contributed by atoms with Gasteiger partial charge in [-0.05, 0) is 96.3 Å². The average Bonchev–Trinajstić information content (AvgIpc) is 3.21. The quantitative estimate of drug-likeness (QED) is 0.0274. The third-order valence-electron chi connectivity index (χ3n) is 9.69. The van der Waals surface area contributed by atoms with Crippen LogP contribution in [0.2, 0.25) is 0 Å². The number of rotatable bonds is 40. The number of carboxylic acids is 1. The van der Waals surface area contributed by atoms with Crippen molar-refractivity contribution in [3.8, 4) is 0 Å². The van der Waals surface area contributed by atoms with E-state index < -0.39 is 24.5 Å². The first-order chi connectivity index (χ1) is 28.3. The second kappa shape index (κ2) is 42.9. The Bertz CT molecular complexity index is 1200. The number of unbranched alkanes of at least 4 members (excludes halogenated alkanes) is 14. The SMILES string of the molecule is CC/C=C\C/C=C\C/C=C\C/C=C\C/C=C\CCCC(=O)OC(CCC/C=C\CCCCCCCCCC)CCCCCCCC(=O)NCC(=O)NC(CO)C(=O)O. The minimum atomic E-state index is -1.39. The van der Waals surface area contributed by atoms with Gasteiger partial charge in [0.1, 0.15) is 12.1 Å². The number of esters is 1. The maximum Gasteiger partial charge on any atom is 0.328 e. The number of aliphatic hydroxyl groups excluding tert-OH is 1. The van der Waals surface area contributed by atoms with Crippen LogP contribution in [0, 0.1) is 0 Å². The van der Waals surface area contributed by atoms with Gasteiger partial charge in [0.05, 0.1) is 13.2 Å². The van der Waals surface area contributed by atoms with E-state index in [1.54, 1.807) is 0 Å². The van der Waals surface area contributed by atoms with E-state index in [0.717, 1.165) is 103 Å². The average molecular weight is 811 g/mol. The zero-order chi connectivity index (χ0) is 42.6. The van der Waals surface area contributed by atoms with Crippen molar-refractivity contribution in [2.75, 3.05) is 13.2 Å². The number of carboxylic acid groups (broad SMARTS) is 1. The smallest absolute Gasteiger partial charge is 0.328 e. The van der Waals surface area contributed by atoms with Crippen LogP contribution >= 0.6 is 0 Å². The molecule has 0 saturated carbocycles. The molecule has 4 N–H and O–H groups in total. The van der Waals surface area contributed by atoms with Gasteiger partial charge in [-0.15, -0.1) is 0 Å². The summed E-state index contributed by atoms with van der Waals surface area (Å²) in [5.74, 6) is -2.38. The summed E-state index contributed by atoms with van der Waals surface area (Å²) < 4.78 is 5.99. The topological polar surface area (TPSA) is 142 Å². The monoisotopic (exact) mass is 811 g/mol. The Morgan fingerprint density at radius 1 is 0.534 bits per heavy atom. The molecule has 0 aromatic rings. The van der Waals surface area contributed by atoms with E-state index >= 15 is 0 Å². The zero-order valence-electron chi connectivity index (χ0n) is 36.5. The summed E-state index contributed by atoms with van der Waals surface area (Å²) in [6, 6.07) is -1.39. The molecule has 0 aromatic heterocycles. The van der Waals surface area contributed by atoms with Crippen molar-refractivity contribution in [1.82, 2.24) is 10.6 Å². The highest BCUT2D eigenvalue weighted by molar-refractivity contribution is 5.87. The fraction of sp³-hybridized carbons (Fsp3) is 0.673. The van der Waals surface area contributed by atoms with Crippen LogP contribution in [0.3, 0.4) is 0 Å². The van der Waals surface area contributed by atoms with Crippen molar-refractivity contribution in [3.63, 3.8) is 0 Å². The molecule has 0 aliphatic rings. The standard InChI is InChI=1S/C49H82N2O7/c1-3-5-7-9-11-13-15-17-18-19-20-22-24-26-28-33-37-41-48(55)58-44(38-34-30-27-25-23-21-16-14-12-10-8-6-4-2)39-35-31-29-32-36-40-46(53)50-42-47(54)51-45(43-52)49(56)57/h5,7,11,13,17-18,20,22,25-28,44-45,52H,3-4,6,8-10,12,14-16,19,21,23-24,29-43H2,1-2H3,(H,50,53)(H,51,54)(H,56,57)/b7-5-,13-11-,18-17-,22-20-,27-25-,28-26-. The van der Waals surface area contributed by atoms with E-state index in [4.69, 9.17) is 14.9 Å². The lowest BCUT2D eigenvalue weighted by Crippen LogP contribution is -2.47. The summed E-state index contributed by atoms with van der Waals surface area (Å²) in [5, 5.41) is 22.6. The molecule has 2 amide bonds. The fourth-order valence-corrected chi connectivity index (χ4v) is 6.22. The van der Waals surface area contributed by atoms with Gasteiger partial charge < -0.3 is 25.6 Å². The van der Waals surface area contributed by atoms with Gasteiger partial charge in [0, 0.05) is 12.8 Å². The molecule has 0 heterocycles. The molecule has 0 bridgehead atoms. The van der Waals surface area contributed by atoms with Gasteiger partial charge in [0.2, 0.25) is 11.8 Å². The number of hydrogen-bond donors (Lipinski definition) is 4. The minimum Gasteiger partial charge on any atom is -0.480 e. The van der Waals surface area contributed by atoms with Gasteiger partial charge in [-0.1, -0.05) is 151 Å². The van der Waals surface area contributed by atoms with E-state index in [1.165, 1.54) is 51.4 Å². The van der Waals surface area contributed by atoms with Crippen LogP contribution < -0.4 is 10.6 Å². The molecule has 0 aliphatic carbocycles. The van der Waals surface area contributed by atoms with Crippen LogP contribution in [0.1, 0.15) is 187 Å². The second-order valence-corrected chi connectivity index (χ2v) is 15.1. The van der Waals surface area contributed by atoms with Crippen LogP contribution in [-0.2, 0) is 23.9 Å². The molecular weight excluding hydrogens is 729 g/mol. The molecule has 9 heteroatoms. The highest BCUT2D eigenvalue weighted by Crippen LogP contribution is 2.17. The van der Waals surface area contributed by atoms with E-state index in [9.17, 15) is 19.2 Å². The number of nitrogens with one attached hydrogen (secondary N) is 2. The van der Waals surface area contributed by atoms with Gasteiger partial charge in [-0.2, -0.15) is 0 Å². The molecule has 0 aromatic carbocycles. The van der Waals surface area contributed by atoms with Crippen LogP contribution in [0.25, 0.3) is 0 Å². The Morgan fingerprint density at radius 3 is 1.60 bits per heavy atom. The number of aliphatic carboxylic acids is 1. The zero-order valence-corrected chi connectivity index (χ0v) is 36.5. The Labute approximate surface area is 353 Å². The van der Waals surface area contributed by atoms with E-state index in [1.807, 2.05) is 0 Å². The van der Waals surface area contributed by atoms with Crippen molar-refractivity contribution in [1.29, 1.82) is 0 Å². The first kappa shape index (κ1) is 54.3. The summed E-state index contributed by atoms with van der Waals surface area (Å²) >= 11 is 0. The summed E-state index contributed by atoms with van der Waals surface area (Å²) in [5.41, 5.74) is 0. The van der Waals surface area contributed by atoms with E-state index in [0.29, 0.717) is 12.8 Å². The molecule has 0 radical (unpaired) electrons. The molecule has 0 rings (SSSR count). The first-order valence-corrected chi connectivity index (χ1v) is 22.8. The Hall–Kier alpha value is -3.72. The number of hydrogen-bond acceptors (Lipinski definition) is 6. The van der Waals surface area contributed by atoms with Crippen LogP contribution in [0.4, 0.5) is 0 Å². The Balaban J connectivity index is 4.47.